The summed E-state index contributed by atoms with van der Waals surface area (Å²) in [6.07, 6.45) is -9.46. The first-order valence-corrected chi connectivity index (χ1v) is 9.18. The number of rotatable bonds is 5. The van der Waals surface area contributed by atoms with Crippen molar-refractivity contribution in [1.82, 2.24) is 0 Å². The number of anilines is 2. The maximum atomic E-state index is 13.5. The first-order chi connectivity index (χ1) is 14.6. The maximum Gasteiger partial charge on any atom is 0.419 e. The Bertz CT molecular complexity index is 924. The topological polar surface area (TPSA) is 50.8 Å². The molecule has 0 spiro atoms. The van der Waals surface area contributed by atoms with Gasteiger partial charge in [-0.15, -0.1) is 0 Å². The zero-order valence-electron chi connectivity index (χ0n) is 16.0. The largest absolute Gasteiger partial charge is 0.483 e. The second kappa shape index (κ2) is 9.04. The van der Waals surface area contributed by atoms with Crippen LogP contribution in [0.4, 0.5) is 37.7 Å². The highest BCUT2D eigenvalue weighted by atomic mass is 19.4. The van der Waals surface area contributed by atoms with Gasteiger partial charge in [0.05, 0.1) is 30.0 Å². The Labute approximate surface area is 173 Å². The van der Waals surface area contributed by atoms with E-state index in [4.69, 9.17) is 9.47 Å². The minimum absolute atomic E-state index is 0.323. The number of ether oxygens (including phenoxy) is 2. The van der Waals surface area contributed by atoms with Crippen LogP contribution in [0.5, 0.6) is 5.75 Å². The third-order valence-corrected chi connectivity index (χ3v) is 4.51. The third kappa shape index (κ3) is 5.81. The van der Waals surface area contributed by atoms with E-state index in [1.54, 1.807) is 4.90 Å². The number of carbonyl (C=O) groups is 1. The van der Waals surface area contributed by atoms with E-state index in [-0.39, 0.29) is 0 Å². The van der Waals surface area contributed by atoms with Crippen LogP contribution in [0.1, 0.15) is 11.1 Å². The summed E-state index contributed by atoms with van der Waals surface area (Å²) in [7, 11) is 0. The molecule has 0 radical (unpaired) electrons. The summed E-state index contributed by atoms with van der Waals surface area (Å²) in [4.78, 5) is 13.8. The van der Waals surface area contributed by atoms with Crippen molar-refractivity contribution in [2.24, 2.45) is 0 Å². The summed E-state index contributed by atoms with van der Waals surface area (Å²) in [5, 5.41) is 2.07. The average Bonchev–Trinajstić information content (AvgIpc) is 2.72. The van der Waals surface area contributed by atoms with E-state index >= 15 is 0 Å². The lowest BCUT2D eigenvalue weighted by molar-refractivity contribution is -0.139. The molecule has 0 unspecified atom stereocenters. The lowest BCUT2D eigenvalue weighted by atomic mass is 10.1. The smallest absolute Gasteiger partial charge is 0.419 e. The highest BCUT2D eigenvalue weighted by Crippen LogP contribution is 2.38. The van der Waals surface area contributed by atoms with E-state index in [2.05, 4.69) is 5.32 Å². The van der Waals surface area contributed by atoms with Crippen LogP contribution in [0, 0.1) is 0 Å². The van der Waals surface area contributed by atoms with E-state index in [1.165, 1.54) is 12.1 Å². The van der Waals surface area contributed by atoms with Crippen LogP contribution in [0.25, 0.3) is 0 Å². The van der Waals surface area contributed by atoms with Crippen molar-refractivity contribution in [3.8, 4) is 5.75 Å². The molecule has 2 aromatic carbocycles. The van der Waals surface area contributed by atoms with Gasteiger partial charge in [-0.05, 0) is 30.3 Å². The summed E-state index contributed by atoms with van der Waals surface area (Å²) in [5.41, 5.74) is -2.35. The van der Waals surface area contributed by atoms with Gasteiger partial charge < -0.3 is 19.7 Å². The molecule has 2 aromatic rings. The summed E-state index contributed by atoms with van der Waals surface area (Å²) in [6, 6.07) is 7.69. The summed E-state index contributed by atoms with van der Waals surface area (Å²) >= 11 is 0. The molecule has 168 valence electrons. The van der Waals surface area contributed by atoms with Gasteiger partial charge in [-0.1, -0.05) is 12.1 Å². The van der Waals surface area contributed by atoms with Crippen molar-refractivity contribution < 1.29 is 40.6 Å². The zero-order chi connectivity index (χ0) is 22.6. The fourth-order valence-corrected chi connectivity index (χ4v) is 3.05. The third-order valence-electron chi connectivity index (χ3n) is 4.51. The van der Waals surface area contributed by atoms with Crippen molar-refractivity contribution in [3.63, 3.8) is 0 Å². The molecule has 3 rings (SSSR count). The zero-order valence-corrected chi connectivity index (χ0v) is 16.0. The van der Waals surface area contributed by atoms with Crippen LogP contribution in [0.3, 0.4) is 0 Å². The van der Waals surface area contributed by atoms with Gasteiger partial charge in [0.15, 0.2) is 6.61 Å². The molecule has 1 aliphatic heterocycles. The minimum atomic E-state index is -4.76. The molecule has 1 saturated heterocycles. The molecule has 0 aromatic heterocycles. The molecule has 5 nitrogen and oxygen atoms in total. The van der Waals surface area contributed by atoms with E-state index < -0.39 is 47.4 Å². The SMILES string of the molecule is O=C(COc1ccccc1C(F)(F)F)Nc1ccc(N2CCOCC2)cc1C(F)(F)F. The molecule has 1 fully saturated rings. The molecule has 1 aliphatic rings. The van der Waals surface area contributed by atoms with Crippen LogP contribution >= 0.6 is 0 Å². The van der Waals surface area contributed by atoms with Gasteiger partial charge in [0, 0.05) is 18.8 Å². The highest BCUT2D eigenvalue weighted by Gasteiger charge is 2.36. The number of halogens is 6. The van der Waals surface area contributed by atoms with Crippen molar-refractivity contribution in [1.29, 1.82) is 0 Å². The number of nitrogens with zero attached hydrogens (tertiary/aromatic N) is 1. The number of alkyl halides is 6. The Morgan fingerprint density at radius 1 is 0.968 bits per heavy atom. The summed E-state index contributed by atoms with van der Waals surface area (Å²) in [6.45, 7) is 0.730. The van der Waals surface area contributed by atoms with Crippen LogP contribution in [-0.4, -0.2) is 38.8 Å². The van der Waals surface area contributed by atoms with E-state index in [1.807, 2.05) is 0 Å². The number of hydrogen-bond donors (Lipinski definition) is 1. The number of para-hydroxylation sites is 1. The molecule has 1 N–H and O–H groups in total. The first kappa shape index (κ1) is 22.7. The van der Waals surface area contributed by atoms with Gasteiger partial charge in [-0.25, -0.2) is 0 Å². The van der Waals surface area contributed by atoms with Gasteiger partial charge in [-0.2, -0.15) is 26.3 Å². The molecule has 31 heavy (non-hydrogen) atoms. The molecule has 1 amide bonds. The van der Waals surface area contributed by atoms with Crippen LogP contribution in [0.2, 0.25) is 0 Å². The van der Waals surface area contributed by atoms with Gasteiger partial charge in [0.1, 0.15) is 5.75 Å². The molecule has 0 bridgehead atoms. The predicted octanol–water partition coefficient (Wildman–Crippen LogP) is 4.58. The van der Waals surface area contributed by atoms with Crippen molar-refractivity contribution in [2.75, 3.05) is 43.1 Å². The lowest BCUT2D eigenvalue weighted by Crippen LogP contribution is -2.36. The molecule has 11 heteroatoms. The molecule has 1 heterocycles. The first-order valence-electron chi connectivity index (χ1n) is 9.18. The van der Waals surface area contributed by atoms with Gasteiger partial charge in [-0.3, -0.25) is 4.79 Å². The molecule has 0 atom stereocenters. The predicted molar refractivity (Wildman–Crippen MR) is 100 cm³/mol. The number of benzene rings is 2. The Kier molecular flexibility index (Phi) is 6.63. The fourth-order valence-electron chi connectivity index (χ4n) is 3.05. The van der Waals surface area contributed by atoms with E-state index in [9.17, 15) is 31.1 Å². The Morgan fingerprint density at radius 3 is 2.26 bits per heavy atom. The van der Waals surface area contributed by atoms with Gasteiger partial charge >= 0.3 is 12.4 Å². The van der Waals surface area contributed by atoms with Crippen LogP contribution < -0.4 is 15.0 Å². The van der Waals surface area contributed by atoms with Gasteiger partial charge in [0.2, 0.25) is 0 Å². The quantitative estimate of drug-likeness (QED) is 0.681. The Balaban J connectivity index is 1.74. The van der Waals surface area contributed by atoms with Crippen molar-refractivity contribution in [2.45, 2.75) is 12.4 Å². The number of hydrogen-bond acceptors (Lipinski definition) is 4. The average molecular weight is 448 g/mol. The Morgan fingerprint density at radius 2 is 1.61 bits per heavy atom. The van der Waals surface area contributed by atoms with Crippen molar-refractivity contribution in [3.05, 3.63) is 53.6 Å². The van der Waals surface area contributed by atoms with Crippen LogP contribution in [-0.2, 0) is 21.9 Å². The van der Waals surface area contributed by atoms with E-state index in [0.29, 0.717) is 32.0 Å². The fraction of sp³-hybridized carbons (Fsp3) is 0.350. The normalized spacial score (nSPS) is 15.0. The molecule has 0 aliphatic carbocycles. The Hall–Kier alpha value is -2.95. The number of nitrogens with one attached hydrogen (secondary N) is 1. The number of morpholine rings is 1. The monoisotopic (exact) mass is 448 g/mol. The summed E-state index contributed by atoms with van der Waals surface area (Å²) in [5.74, 6) is -1.62. The second-order valence-corrected chi connectivity index (χ2v) is 6.66. The summed E-state index contributed by atoms with van der Waals surface area (Å²) < 4.78 is 89.6. The molecular formula is C20H18F6N2O3. The maximum absolute atomic E-state index is 13.5. The number of carbonyl (C=O) groups excluding carboxylic acids is 1. The standard InChI is InChI=1S/C20H18F6N2O3/c21-19(22,23)14-3-1-2-4-17(14)31-12-18(29)27-16-6-5-13(11-15(16)20(24,25)26)28-7-9-30-10-8-28/h1-6,11H,7-10,12H2,(H,27,29). The number of amides is 1. The molecule has 0 saturated carbocycles. The van der Waals surface area contributed by atoms with Crippen molar-refractivity contribution >= 4 is 17.3 Å². The van der Waals surface area contributed by atoms with Crippen LogP contribution in [0.15, 0.2) is 42.5 Å². The van der Waals surface area contributed by atoms with Gasteiger partial charge in [0.25, 0.3) is 5.91 Å². The van der Waals surface area contributed by atoms with E-state index in [0.717, 1.165) is 30.3 Å². The molecular weight excluding hydrogens is 430 g/mol. The minimum Gasteiger partial charge on any atom is -0.483 e. The second-order valence-electron chi connectivity index (χ2n) is 6.66. The lowest BCUT2D eigenvalue weighted by Gasteiger charge is -2.29. The highest BCUT2D eigenvalue weighted by molar-refractivity contribution is 5.93.